The topological polar surface area (TPSA) is 93.2 Å². The Kier molecular flexibility index (Phi) is 7.47. The van der Waals surface area contributed by atoms with Crippen molar-refractivity contribution in [2.75, 3.05) is 11.1 Å². The van der Waals surface area contributed by atoms with E-state index in [4.69, 9.17) is 0 Å². The Labute approximate surface area is 183 Å². The number of benzene rings is 2. The van der Waals surface area contributed by atoms with Crippen LogP contribution in [0.1, 0.15) is 5.56 Å². The third-order valence-corrected chi connectivity index (χ3v) is 5.53. The first kappa shape index (κ1) is 22.6. The van der Waals surface area contributed by atoms with E-state index in [1.54, 1.807) is 12.1 Å². The standard InChI is InChI=1S/C19H15F3N4O3S2/c20-19(21,22)29-14-8-6-13(7-9-14)23-17-25-26-18(31-17)30-11-16(28)24-15(27)10-12-4-2-1-3-5-12/h1-9H,10-11H2,(H,23,25)(H,24,27,28). The van der Waals surface area contributed by atoms with Crippen LogP contribution in [0, 0.1) is 0 Å². The Balaban J connectivity index is 1.44. The lowest BCUT2D eigenvalue weighted by atomic mass is 10.1. The molecule has 0 atom stereocenters. The number of nitrogens with zero attached hydrogens (tertiary/aromatic N) is 2. The summed E-state index contributed by atoms with van der Waals surface area (Å²) in [6.07, 6.45) is -4.64. The second kappa shape index (κ2) is 10.3. The van der Waals surface area contributed by atoms with Crippen LogP contribution in [-0.4, -0.2) is 34.1 Å². The predicted molar refractivity (Wildman–Crippen MR) is 110 cm³/mol. The van der Waals surface area contributed by atoms with Crippen LogP contribution in [-0.2, 0) is 16.0 Å². The highest BCUT2D eigenvalue weighted by Gasteiger charge is 2.30. The average molecular weight is 468 g/mol. The van der Waals surface area contributed by atoms with Crippen molar-refractivity contribution in [3.63, 3.8) is 0 Å². The van der Waals surface area contributed by atoms with Gasteiger partial charge in [-0.2, -0.15) is 0 Å². The van der Waals surface area contributed by atoms with Crippen molar-refractivity contribution in [3.05, 3.63) is 60.2 Å². The van der Waals surface area contributed by atoms with Crippen LogP contribution in [0.25, 0.3) is 0 Å². The van der Waals surface area contributed by atoms with Crippen molar-refractivity contribution in [2.45, 2.75) is 17.1 Å². The van der Waals surface area contributed by atoms with E-state index in [0.717, 1.165) is 28.7 Å². The minimum absolute atomic E-state index is 0.0152. The van der Waals surface area contributed by atoms with Crippen LogP contribution in [0.4, 0.5) is 24.0 Å². The summed E-state index contributed by atoms with van der Waals surface area (Å²) in [5.41, 5.74) is 1.30. The number of alkyl halides is 3. The number of thioether (sulfide) groups is 1. The first-order chi connectivity index (χ1) is 14.8. The zero-order valence-electron chi connectivity index (χ0n) is 15.7. The molecule has 12 heteroatoms. The molecule has 3 rings (SSSR count). The van der Waals surface area contributed by atoms with Crippen LogP contribution in [0.3, 0.4) is 0 Å². The first-order valence-corrected chi connectivity index (χ1v) is 10.5. The molecule has 0 spiro atoms. The zero-order chi connectivity index (χ0) is 22.3. The Morgan fingerprint density at radius 1 is 1.00 bits per heavy atom. The molecule has 31 heavy (non-hydrogen) atoms. The molecule has 1 heterocycles. The molecule has 2 aromatic carbocycles. The summed E-state index contributed by atoms with van der Waals surface area (Å²) in [6, 6.07) is 14.2. The number of aromatic nitrogens is 2. The summed E-state index contributed by atoms with van der Waals surface area (Å²) < 4.78 is 40.9. The van der Waals surface area contributed by atoms with Crippen molar-refractivity contribution >= 4 is 45.7 Å². The summed E-state index contributed by atoms with van der Waals surface area (Å²) in [6.45, 7) is 0. The number of hydrogen-bond acceptors (Lipinski definition) is 8. The molecule has 0 unspecified atom stereocenters. The van der Waals surface area contributed by atoms with Crippen LogP contribution < -0.4 is 15.4 Å². The highest BCUT2D eigenvalue weighted by Crippen LogP contribution is 2.29. The maximum absolute atomic E-state index is 12.2. The number of nitrogens with one attached hydrogen (secondary N) is 2. The summed E-state index contributed by atoms with van der Waals surface area (Å²) in [7, 11) is 0. The van der Waals surface area contributed by atoms with Crippen molar-refractivity contribution < 1.29 is 27.5 Å². The van der Waals surface area contributed by atoms with Gasteiger partial charge in [0.1, 0.15) is 5.75 Å². The number of imide groups is 1. The molecule has 3 aromatic rings. The summed E-state index contributed by atoms with van der Waals surface area (Å²) in [5.74, 6) is -1.19. The molecule has 0 fully saturated rings. The lowest BCUT2D eigenvalue weighted by Crippen LogP contribution is -2.33. The van der Waals surface area contributed by atoms with Gasteiger partial charge >= 0.3 is 6.36 Å². The fourth-order valence-electron chi connectivity index (χ4n) is 2.33. The minimum Gasteiger partial charge on any atom is -0.406 e. The fraction of sp³-hybridized carbons (Fsp3) is 0.158. The number of carbonyl (C=O) groups excluding carboxylic acids is 2. The van der Waals surface area contributed by atoms with E-state index in [9.17, 15) is 22.8 Å². The molecule has 0 aliphatic heterocycles. The molecule has 0 aliphatic carbocycles. The molecule has 1 aromatic heterocycles. The van der Waals surface area contributed by atoms with Crippen LogP contribution in [0.15, 0.2) is 58.9 Å². The zero-order valence-corrected chi connectivity index (χ0v) is 17.3. The van der Waals surface area contributed by atoms with Crippen molar-refractivity contribution in [2.24, 2.45) is 0 Å². The number of carbonyl (C=O) groups is 2. The first-order valence-electron chi connectivity index (χ1n) is 8.72. The Hall–Kier alpha value is -3.12. The van der Waals surface area contributed by atoms with E-state index in [2.05, 4.69) is 25.6 Å². The summed E-state index contributed by atoms with van der Waals surface area (Å²) in [4.78, 5) is 23.8. The number of ether oxygens (including phenoxy) is 1. The van der Waals surface area contributed by atoms with E-state index in [0.29, 0.717) is 15.2 Å². The van der Waals surface area contributed by atoms with Gasteiger partial charge in [0.05, 0.1) is 12.2 Å². The molecule has 0 saturated heterocycles. The number of halogens is 3. The number of rotatable bonds is 8. The van der Waals surface area contributed by atoms with Crippen LogP contribution >= 0.6 is 23.1 Å². The molecule has 2 amide bonds. The van der Waals surface area contributed by atoms with Crippen molar-refractivity contribution in [1.29, 1.82) is 0 Å². The quantitative estimate of drug-likeness (QED) is 0.480. The van der Waals surface area contributed by atoms with E-state index >= 15 is 0 Å². The fourth-order valence-corrected chi connectivity index (χ4v) is 3.90. The molecule has 0 saturated carbocycles. The van der Waals surface area contributed by atoms with Gasteiger partial charge in [-0.15, -0.1) is 23.4 Å². The Bertz CT molecular complexity index is 1030. The van der Waals surface area contributed by atoms with Gasteiger partial charge in [-0.05, 0) is 29.8 Å². The highest BCUT2D eigenvalue weighted by atomic mass is 32.2. The van der Waals surface area contributed by atoms with Gasteiger partial charge in [-0.3, -0.25) is 14.9 Å². The maximum Gasteiger partial charge on any atom is 0.573 e. The number of anilines is 2. The lowest BCUT2D eigenvalue weighted by Gasteiger charge is -2.09. The normalized spacial score (nSPS) is 11.1. The third-order valence-electron chi connectivity index (χ3n) is 3.56. The maximum atomic E-state index is 12.2. The molecule has 2 N–H and O–H groups in total. The summed E-state index contributed by atoms with van der Waals surface area (Å²) >= 11 is 2.27. The third kappa shape index (κ3) is 7.90. The van der Waals surface area contributed by atoms with Gasteiger partial charge in [0.2, 0.25) is 16.9 Å². The van der Waals surface area contributed by atoms with Gasteiger partial charge in [0.25, 0.3) is 0 Å². The monoisotopic (exact) mass is 468 g/mol. The van der Waals surface area contributed by atoms with Crippen LogP contribution in [0.5, 0.6) is 5.75 Å². The van der Waals surface area contributed by atoms with Crippen LogP contribution in [0.2, 0.25) is 0 Å². The molecule has 162 valence electrons. The summed E-state index contributed by atoms with van der Waals surface area (Å²) in [5, 5.41) is 13.5. The van der Waals surface area contributed by atoms with Crippen molar-refractivity contribution in [1.82, 2.24) is 15.5 Å². The van der Waals surface area contributed by atoms with Gasteiger partial charge in [-0.1, -0.05) is 53.4 Å². The van der Waals surface area contributed by atoms with Crippen molar-refractivity contribution in [3.8, 4) is 5.75 Å². The molecule has 0 bridgehead atoms. The molecular formula is C19H15F3N4O3S2. The van der Waals surface area contributed by atoms with Gasteiger partial charge < -0.3 is 10.1 Å². The van der Waals surface area contributed by atoms with E-state index in [1.807, 2.05) is 18.2 Å². The molecular weight excluding hydrogens is 453 g/mol. The molecule has 0 radical (unpaired) electrons. The van der Waals surface area contributed by atoms with Gasteiger partial charge in [0, 0.05) is 5.69 Å². The van der Waals surface area contributed by atoms with E-state index in [-0.39, 0.29) is 17.9 Å². The molecule has 7 nitrogen and oxygen atoms in total. The second-order valence-corrected chi connectivity index (χ2v) is 8.19. The van der Waals surface area contributed by atoms with Gasteiger partial charge in [-0.25, -0.2) is 0 Å². The van der Waals surface area contributed by atoms with E-state index < -0.39 is 18.2 Å². The number of hydrogen-bond donors (Lipinski definition) is 2. The SMILES string of the molecule is O=C(CSc1nnc(Nc2ccc(OC(F)(F)F)cc2)s1)NC(=O)Cc1ccccc1. The number of amides is 2. The van der Waals surface area contributed by atoms with Gasteiger partial charge in [0.15, 0.2) is 4.34 Å². The molecule has 0 aliphatic rings. The largest absolute Gasteiger partial charge is 0.573 e. The lowest BCUT2D eigenvalue weighted by molar-refractivity contribution is -0.274. The van der Waals surface area contributed by atoms with E-state index in [1.165, 1.54) is 24.3 Å². The smallest absolute Gasteiger partial charge is 0.406 e. The highest BCUT2D eigenvalue weighted by molar-refractivity contribution is 8.01. The second-order valence-electron chi connectivity index (χ2n) is 5.99. The minimum atomic E-state index is -4.75. The Morgan fingerprint density at radius 3 is 2.39 bits per heavy atom. The predicted octanol–water partition coefficient (Wildman–Crippen LogP) is 4.16. The Morgan fingerprint density at radius 2 is 1.71 bits per heavy atom. The average Bonchev–Trinajstić information content (AvgIpc) is 3.15.